The molecule has 0 atom stereocenters. The Morgan fingerprint density at radius 2 is 1.90 bits per heavy atom. The highest BCUT2D eigenvalue weighted by Crippen LogP contribution is 2.27. The lowest BCUT2D eigenvalue weighted by Crippen LogP contribution is -2.50. The van der Waals surface area contributed by atoms with Crippen molar-refractivity contribution in [2.75, 3.05) is 26.7 Å². The highest BCUT2D eigenvalue weighted by molar-refractivity contribution is 7.89. The number of carbonyl (C=O) groups excluding carboxylic acids is 1. The summed E-state index contributed by atoms with van der Waals surface area (Å²) in [6.07, 6.45) is 0. The first-order chi connectivity index (χ1) is 9.66. The maximum absolute atomic E-state index is 12.7. The first-order valence-corrected chi connectivity index (χ1v) is 7.77. The number of carboxylic acids is 1. The lowest BCUT2D eigenvalue weighted by molar-refractivity contribution is -0.132. The van der Waals surface area contributed by atoms with Crippen LogP contribution in [-0.4, -0.2) is 66.3 Å². The number of aromatic carboxylic acids is 1. The number of sulfonamides is 1. The molecule has 0 spiro atoms. The van der Waals surface area contributed by atoms with Gasteiger partial charge in [-0.15, -0.1) is 0 Å². The number of aromatic nitrogens is 1. The fourth-order valence-corrected chi connectivity index (χ4v) is 4.19. The zero-order valence-electron chi connectivity index (χ0n) is 12.0. The Kier molecular flexibility index (Phi) is 3.81. The Bertz CT molecular complexity index is 707. The molecule has 21 heavy (non-hydrogen) atoms. The van der Waals surface area contributed by atoms with Crippen molar-refractivity contribution < 1.29 is 23.1 Å². The molecular formula is C12H17N3O5S. The van der Waals surface area contributed by atoms with E-state index >= 15 is 0 Å². The van der Waals surface area contributed by atoms with Gasteiger partial charge in [-0.05, 0) is 13.8 Å². The average Bonchev–Trinajstić information content (AvgIpc) is 2.68. The maximum Gasteiger partial charge on any atom is 0.352 e. The second kappa shape index (κ2) is 5.15. The van der Waals surface area contributed by atoms with Gasteiger partial charge in [0.15, 0.2) is 0 Å². The highest BCUT2D eigenvalue weighted by atomic mass is 32.2. The van der Waals surface area contributed by atoms with Crippen LogP contribution in [0.15, 0.2) is 4.90 Å². The number of hydrogen-bond donors (Lipinski definition) is 2. The second-order valence-electron chi connectivity index (χ2n) is 5.04. The number of rotatable bonds is 3. The monoisotopic (exact) mass is 315 g/mol. The minimum absolute atomic E-state index is 0.0581. The van der Waals surface area contributed by atoms with Crippen molar-refractivity contribution in [3.05, 3.63) is 17.0 Å². The van der Waals surface area contributed by atoms with E-state index in [4.69, 9.17) is 5.11 Å². The number of carbonyl (C=O) groups is 2. The molecule has 2 N–H and O–H groups in total. The van der Waals surface area contributed by atoms with Crippen molar-refractivity contribution in [2.45, 2.75) is 18.7 Å². The smallest absolute Gasteiger partial charge is 0.352 e. The Hall–Kier alpha value is -1.87. The Morgan fingerprint density at radius 1 is 1.29 bits per heavy atom. The van der Waals surface area contributed by atoms with Crippen LogP contribution in [0.2, 0.25) is 0 Å². The van der Waals surface area contributed by atoms with E-state index in [1.807, 2.05) is 0 Å². The van der Waals surface area contributed by atoms with E-state index in [1.54, 1.807) is 7.05 Å². The standard InChI is InChI=1S/C12H17N3O5S/c1-7-10(12(17)18)13-8(2)11(7)21(19,20)15-5-4-14(3)9(16)6-15/h13H,4-6H2,1-3H3,(H,17,18). The quantitative estimate of drug-likeness (QED) is 0.802. The van der Waals surface area contributed by atoms with Crippen LogP contribution in [0.1, 0.15) is 21.7 Å². The van der Waals surface area contributed by atoms with Crippen molar-refractivity contribution >= 4 is 21.9 Å². The lowest BCUT2D eigenvalue weighted by Gasteiger charge is -2.31. The third kappa shape index (κ3) is 2.54. The number of piperazine rings is 1. The fraction of sp³-hybridized carbons (Fsp3) is 0.500. The minimum Gasteiger partial charge on any atom is -0.477 e. The largest absolute Gasteiger partial charge is 0.477 e. The van der Waals surface area contributed by atoms with E-state index in [-0.39, 0.29) is 40.8 Å². The fourth-order valence-electron chi connectivity index (χ4n) is 2.40. The van der Waals surface area contributed by atoms with Gasteiger partial charge >= 0.3 is 5.97 Å². The van der Waals surface area contributed by atoms with Gasteiger partial charge in [-0.2, -0.15) is 4.31 Å². The Balaban J connectivity index is 2.46. The molecule has 0 radical (unpaired) electrons. The van der Waals surface area contributed by atoms with Gasteiger partial charge in [-0.25, -0.2) is 13.2 Å². The molecule has 116 valence electrons. The van der Waals surface area contributed by atoms with Crippen molar-refractivity contribution in [1.29, 1.82) is 0 Å². The number of aryl methyl sites for hydroxylation is 1. The first kappa shape index (κ1) is 15.5. The zero-order chi connectivity index (χ0) is 15.9. The van der Waals surface area contributed by atoms with E-state index in [0.717, 1.165) is 4.31 Å². The third-order valence-corrected chi connectivity index (χ3v) is 5.72. The Labute approximate surface area is 122 Å². The van der Waals surface area contributed by atoms with Crippen LogP contribution in [0.3, 0.4) is 0 Å². The molecule has 0 aromatic carbocycles. The summed E-state index contributed by atoms with van der Waals surface area (Å²) in [5.74, 6) is -1.50. The maximum atomic E-state index is 12.7. The number of aromatic amines is 1. The van der Waals surface area contributed by atoms with Gasteiger partial charge in [0.1, 0.15) is 10.6 Å². The molecule has 1 amide bonds. The molecule has 1 aromatic rings. The van der Waals surface area contributed by atoms with Crippen LogP contribution < -0.4 is 0 Å². The topological polar surface area (TPSA) is 111 Å². The first-order valence-electron chi connectivity index (χ1n) is 6.32. The van der Waals surface area contributed by atoms with E-state index in [9.17, 15) is 18.0 Å². The predicted octanol–water partition coefficient (Wildman–Crippen LogP) is -0.208. The van der Waals surface area contributed by atoms with Gasteiger partial charge in [-0.3, -0.25) is 4.79 Å². The molecular weight excluding hydrogens is 298 g/mol. The van der Waals surface area contributed by atoms with Gasteiger partial charge < -0.3 is 15.0 Å². The van der Waals surface area contributed by atoms with Crippen molar-refractivity contribution in [1.82, 2.24) is 14.2 Å². The average molecular weight is 315 g/mol. The van der Waals surface area contributed by atoms with Gasteiger partial charge in [-0.1, -0.05) is 0 Å². The van der Waals surface area contributed by atoms with Crippen molar-refractivity contribution in [2.24, 2.45) is 0 Å². The minimum atomic E-state index is -3.90. The molecule has 0 saturated carbocycles. The molecule has 1 fully saturated rings. The van der Waals surface area contributed by atoms with Gasteiger partial charge in [0, 0.05) is 31.4 Å². The Morgan fingerprint density at radius 3 is 2.38 bits per heavy atom. The lowest BCUT2D eigenvalue weighted by atomic mass is 10.2. The summed E-state index contributed by atoms with van der Waals surface area (Å²) in [4.78, 5) is 26.8. The number of H-pyrrole nitrogens is 1. The van der Waals surface area contributed by atoms with Crippen LogP contribution in [0.5, 0.6) is 0 Å². The number of amides is 1. The van der Waals surface area contributed by atoms with Crippen LogP contribution in [-0.2, 0) is 14.8 Å². The van der Waals surface area contributed by atoms with Crippen LogP contribution >= 0.6 is 0 Å². The molecule has 8 nitrogen and oxygen atoms in total. The predicted molar refractivity (Wildman–Crippen MR) is 73.6 cm³/mol. The summed E-state index contributed by atoms with van der Waals surface area (Å²) in [6.45, 7) is 3.22. The summed E-state index contributed by atoms with van der Waals surface area (Å²) < 4.78 is 26.4. The van der Waals surface area contributed by atoms with Gasteiger partial charge in [0.05, 0.1) is 6.54 Å². The summed E-state index contributed by atoms with van der Waals surface area (Å²) in [5.41, 5.74) is 0.272. The number of nitrogens with one attached hydrogen (secondary N) is 1. The normalized spacial score (nSPS) is 17.3. The summed E-state index contributed by atoms with van der Waals surface area (Å²) in [6, 6.07) is 0. The SMILES string of the molecule is Cc1[nH]c(C(=O)O)c(C)c1S(=O)(=O)N1CCN(C)C(=O)C1. The molecule has 1 aliphatic heterocycles. The molecule has 1 aromatic heterocycles. The number of likely N-dealkylation sites (N-methyl/N-ethyl adjacent to an activating group) is 1. The summed E-state index contributed by atoms with van der Waals surface area (Å²) in [5, 5.41) is 9.06. The van der Waals surface area contributed by atoms with E-state index in [2.05, 4.69) is 4.98 Å². The number of hydrogen-bond acceptors (Lipinski definition) is 4. The number of carboxylic acid groups (broad SMARTS) is 1. The summed E-state index contributed by atoms with van der Waals surface area (Å²) >= 11 is 0. The highest BCUT2D eigenvalue weighted by Gasteiger charge is 2.35. The molecule has 0 aliphatic carbocycles. The second-order valence-corrected chi connectivity index (χ2v) is 6.91. The molecule has 9 heteroatoms. The third-order valence-electron chi connectivity index (χ3n) is 3.60. The van der Waals surface area contributed by atoms with Crippen LogP contribution in [0, 0.1) is 13.8 Å². The summed E-state index contributed by atoms with van der Waals surface area (Å²) in [7, 11) is -2.29. The number of nitrogens with zero attached hydrogens (tertiary/aromatic N) is 2. The van der Waals surface area contributed by atoms with Crippen LogP contribution in [0.4, 0.5) is 0 Å². The van der Waals surface area contributed by atoms with E-state index in [0.29, 0.717) is 6.54 Å². The van der Waals surface area contributed by atoms with Crippen molar-refractivity contribution in [3.63, 3.8) is 0 Å². The van der Waals surface area contributed by atoms with E-state index in [1.165, 1.54) is 18.7 Å². The molecule has 0 bridgehead atoms. The molecule has 1 saturated heterocycles. The zero-order valence-corrected chi connectivity index (χ0v) is 12.8. The van der Waals surface area contributed by atoms with E-state index < -0.39 is 16.0 Å². The van der Waals surface area contributed by atoms with Gasteiger partial charge in [0.2, 0.25) is 15.9 Å². The molecule has 2 rings (SSSR count). The molecule has 0 unspecified atom stereocenters. The molecule has 2 heterocycles. The van der Waals surface area contributed by atoms with Crippen LogP contribution in [0.25, 0.3) is 0 Å². The van der Waals surface area contributed by atoms with Crippen molar-refractivity contribution in [3.8, 4) is 0 Å². The molecule has 1 aliphatic rings. The van der Waals surface area contributed by atoms with Gasteiger partial charge in [0.25, 0.3) is 0 Å².